The molecular weight excluding hydrogens is 331 g/mol. The van der Waals surface area contributed by atoms with Crippen molar-refractivity contribution in [3.63, 3.8) is 0 Å². The molecule has 1 aromatic carbocycles. The van der Waals surface area contributed by atoms with E-state index in [0.29, 0.717) is 19.8 Å². The summed E-state index contributed by atoms with van der Waals surface area (Å²) >= 11 is 0. The first-order valence-electron chi connectivity index (χ1n) is 9.51. The number of aliphatic carboxylic acids is 1. The lowest BCUT2D eigenvalue weighted by molar-refractivity contribution is -0.195. The van der Waals surface area contributed by atoms with Crippen molar-refractivity contribution in [3.8, 4) is 0 Å². The Labute approximate surface area is 155 Å². The lowest BCUT2D eigenvalue weighted by Gasteiger charge is -2.53. The quantitative estimate of drug-likeness (QED) is 0.839. The Balaban J connectivity index is 1.44. The van der Waals surface area contributed by atoms with Crippen molar-refractivity contribution in [1.29, 1.82) is 0 Å². The van der Waals surface area contributed by atoms with E-state index < -0.39 is 5.97 Å². The Hall–Kier alpha value is -1.37. The van der Waals surface area contributed by atoms with Gasteiger partial charge in [-0.05, 0) is 36.7 Å². The van der Waals surface area contributed by atoms with Crippen LogP contribution in [0.25, 0.3) is 0 Å². The fraction of sp³-hybridized carbons (Fsp3) is 0.650. The van der Waals surface area contributed by atoms with Crippen LogP contribution in [0.15, 0.2) is 24.3 Å². The summed E-state index contributed by atoms with van der Waals surface area (Å²) in [4.78, 5) is 11.1. The van der Waals surface area contributed by atoms with Crippen molar-refractivity contribution in [3.05, 3.63) is 29.8 Å². The molecule has 5 rings (SSSR count). The highest BCUT2D eigenvalue weighted by Gasteiger charge is 2.51. The van der Waals surface area contributed by atoms with E-state index in [4.69, 9.17) is 19.2 Å². The molecule has 140 valence electrons. The van der Waals surface area contributed by atoms with Crippen LogP contribution in [-0.2, 0) is 24.4 Å². The Morgan fingerprint density at radius 1 is 1.04 bits per heavy atom. The zero-order chi connectivity index (χ0) is 18.4. The number of ether oxygens (including phenoxy) is 1. The molecule has 0 radical (unpaired) electrons. The van der Waals surface area contributed by atoms with Crippen LogP contribution in [0.1, 0.15) is 51.5 Å². The Morgan fingerprint density at radius 3 is 2.15 bits per heavy atom. The number of hydrogen-bond acceptors (Lipinski definition) is 4. The molecule has 0 aromatic heterocycles. The Morgan fingerprint density at radius 2 is 1.65 bits per heavy atom. The number of carboxylic acids is 1. The van der Waals surface area contributed by atoms with Crippen LogP contribution in [-0.4, -0.2) is 38.0 Å². The predicted octanol–water partition coefficient (Wildman–Crippen LogP) is 2.72. The lowest BCUT2D eigenvalue weighted by Crippen LogP contribution is -2.50. The summed E-state index contributed by atoms with van der Waals surface area (Å²) in [6, 6.07) is 8.39. The molecule has 0 spiro atoms. The highest BCUT2D eigenvalue weighted by molar-refractivity contribution is 6.61. The molecular formula is C20H27BO5. The highest BCUT2D eigenvalue weighted by atomic mass is 16.6. The van der Waals surface area contributed by atoms with Crippen molar-refractivity contribution in [1.82, 2.24) is 0 Å². The molecule has 1 saturated carbocycles. The number of carboxylic acid groups (broad SMARTS) is 1. The maximum atomic E-state index is 11.1. The third kappa shape index (κ3) is 3.30. The van der Waals surface area contributed by atoms with Crippen molar-refractivity contribution >= 4 is 18.6 Å². The first-order valence-corrected chi connectivity index (χ1v) is 9.51. The Bertz CT molecular complexity index is 649. The highest BCUT2D eigenvalue weighted by Crippen LogP contribution is 2.54. The van der Waals surface area contributed by atoms with Gasteiger partial charge in [0.05, 0.1) is 18.6 Å². The molecule has 4 fully saturated rings. The number of carbonyl (C=O) groups is 1. The second kappa shape index (κ2) is 6.36. The zero-order valence-electron chi connectivity index (χ0n) is 15.6. The minimum atomic E-state index is -0.719. The van der Waals surface area contributed by atoms with Gasteiger partial charge in [-0.2, -0.15) is 0 Å². The van der Waals surface area contributed by atoms with Crippen LogP contribution in [0, 0.1) is 10.8 Å². The zero-order valence-corrected chi connectivity index (χ0v) is 15.6. The summed E-state index contributed by atoms with van der Waals surface area (Å²) in [6.45, 7) is 6.21. The van der Waals surface area contributed by atoms with Gasteiger partial charge in [0.1, 0.15) is 0 Å². The number of hydrogen-bond donors (Lipinski definition) is 1. The van der Waals surface area contributed by atoms with Gasteiger partial charge >= 0.3 is 13.1 Å². The molecule has 3 aliphatic heterocycles. The van der Waals surface area contributed by atoms with Gasteiger partial charge < -0.3 is 19.2 Å². The molecule has 3 heterocycles. The average Bonchev–Trinajstić information content (AvgIpc) is 2.63. The molecule has 26 heavy (non-hydrogen) atoms. The minimum Gasteiger partial charge on any atom is -0.481 e. The molecule has 1 aliphatic carbocycles. The van der Waals surface area contributed by atoms with E-state index in [1.165, 1.54) is 5.56 Å². The number of benzene rings is 1. The van der Waals surface area contributed by atoms with Crippen molar-refractivity contribution < 1.29 is 23.9 Å². The van der Waals surface area contributed by atoms with Crippen molar-refractivity contribution in [2.24, 2.45) is 10.8 Å². The van der Waals surface area contributed by atoms with E-state index >= 15 is 0 Å². The van der Waals surface area contributed by atoms with Gasteiger partial charge in [-0.25, -0.2) is 0 Å². The van der Waals surface area contributed by atoms with E-state index in [1.54, 1.807) is 0 Å². The molecule has 0 unspecified atom stereocenters. The average molecular weight is 358 g/mol. The van der Waals surface area contributed by atoms with E-state index in [-0.39, 0.29) is 30.0 Å². The lowest BCUT2D eigenvalue weighted by atomic mass is 9.62. The first-order chi connectivity index (χ1) is 12.3. The van der Waals surface area contributed by atoms with Crippen LogP contribution in [0.3, 0.4) is 0 Å². The summed E-state index contributed by atoms with van der Waals surface area (Å²) < 4.78 is 18.0. The summed E-state index contributed by atoms with van der Waals surface area (Å²) in [6.07, 6.45) is 3.85. The van der Waals surface area contributed by atoms with Gasteiger partial charge in [-0.1, -0.05) is 38.1 Å². The summed E-state index contributed by atoms with van der Waals surface area (Å²) in [5, 5.41) is 9.17. The first kappa shape index (κ1) is 18.0. The van der Waals surface area contributed by atoms with Gasteiger partial charge in [-0.15, -0.1) is 0 Å². The topological polar surface area (TPSA) is 65.0 Å². The van der Waals surface area contributed by atoms with Gasteiger partial charge in [0.2, 0.25) is 0 Å². The molecule has 1 N–H and O–H groups in total. The molecule has 1 aromatic rings. The van der Waals surface area contributed by atoms with Gasteiger partial charge in [0.15, 0.2) is 0 Å². The van der Waals surface area contributed by atoms with E-state index in [2.05, 4.69) is 38.1 Å². The van der Waals surface area contributed by atoms with Crippen LogP contribution < -0.4 is 5.46 Å². The van der Waals surface area contributed by atoms with E-state index in [0.717, 1.165) is 31.1 Å². The van der Waals surface area contributed by atoms with Crippen LogP contribution in [0.2, 0.25) is 0 Å². The predicted molar refractivity (Wildman–Crippen MR) is 98.3 cm³/mol. The monoisotopic (exact) mass is 358 g/mol. The van der Waals surface area contributed by atoms with E-state index in [1.807, 2.05) is 0 Å². The SMILES string of the molecule is CC1(C)COB(c2ccc(C34CCC(CC(=O)O)(CC3)CO4)cc2)OC1. The van der Waals surface area contributed by atoms with Gasteiger partial charge in [0.25, 0.3) is 0 Å². The van der Waals surface area contributed by atoms with E-state index in [9.17, 15) is 4.79 Å². The fourth-order valence-electron chi connectivity index (χ4n) is 4.51. The largest absolute Gasteiger partial charge is 0.493 e. The molecule has 0 atom stereocenters. The number of rotatable bonds is 4. The maximum absolute atomic E-state index is 11.1. The Kier molecular flexibility index (Phi) is 4.41. The van der Waals surface area contributed by atoms with Crippen molar-refractivity contribution in [2.45, 2.75) is 51.6 Å². The number of fused-ring (bicyclic) bond motifs is 3. The molecule has 0 amide bonds. The second-order valence-electron chi connectivity index (χ2n) is 9.09. The maximum Gasteiger partial charge on any atom is 0.493 e. The normalized spacial score (nSPS) is 33.2. The summed E-state index contributed by atoms with van der Waals surface area (Å²) in [5.41, 5.74) is 1.86. The third-order valence-electron chi connectivity index (χ3n) is 6.26. The van der Waals surface area contributed by atoms with Crippen LogP contribution in [0.5, 0.6) is 0 Å². The molecule has 6 heteroatoms. The van der Waals surface area contributed by atoms with Gasteiger partial charge in [-0.3, -0.25) is 4.79 Å². The molecule has 3 saturated heterocycles. The molecule has 2 bridgehead atoms. The van der Waals surface area contributed by atoms with Crippen LogP contribution in [0.4, 0.5) is 0 Å². The van der Waals surface area contributed by atoms with Crippen LogP contribution >= 0.6 is 0 Å². The molecule has 5 nitrogen and oxygen atoms in total. The van der Waals surface area contributed by atoms with Gasteiger partial charge in [0, 0.05) is 24.0 Å². The smallest absolute Gasteiger partial charge is 0.481 e. The fourth-order valence-corrected chi connectivity index (χ4v) is 4.51. The van der Waals surface area contributed by atoms with Crippen molar-refractivity contribution in [2.75, 3.05) is 19.8 Å². The second-order valence-corrected chi connectivity index (χ2v) is 9.09. The minimum absolute atomic E-state index is 0.0654. The molecule has 4 aliphatic rings. The third-order valence-corrected chi connectivity index (χ3v) is 6.26. The standard InChI is InChI=1S/C20H27BO5/c1-18(2)12-25-21(26-13-18)16-5-3-15(4-6-16)20-9-7-19(8-10-20,14-24-20)11-17(22)23/h3-6H,7-14H2,1-2H3,(H,22,23). The summed E-state index contributed by atoms with van der Waals surface area (Å²) in [5.74, 6) is -0.719. The summed E-state index contributed by atoms with van der Waals surface area (Å²) in [7, 11) is -0.295.